The minimum absolute atomic E-state index is 0.561. The van der Waals surface area contributed by atoms with Crippen LogP contribution in [0.5, 0.6) is 0 Å². The molecule has 0 bridgehead atoms. The predicted octanol–water partition coefficient (Wildman–Crippen LogP) is 2.58. The van der Waals surface area contributed by atoms with Crippen LogP contribution >= 0.6 is 11.8 Å². The van der Waals surface area contributed by atoms with Gasteiger partial charge in [-0.2, -0.15) is 11.8 Å². The molecule has 4 nitrogen and oxygen atoms in total. The van der Waals surface area contributed by atoms with Crippen molar-refractivity contribution >= 4 is 17.7 Å². The highest BCUT2D eigenvalue weighted by molar-refractivity contribution is 7.99. The monoisotopic (exact) mass is 314 g/mol. The van der Waals surface area contributed by atoms with Gasteiger partial charge in [0.2, 0.25) is 0 Å². The van der Waals surface area contributed by atoms with Gasteiger partial charge in [-0.3, -0.25) is 9.89 Å². The van der Waals surface area contributed by atoms with Gasteiger partial charge in [0.1, 0.15) is 0 Å². The van der Waals surface area contributed by atoms with Crippen LogP contribution in [0.3, 0.4) is 0 Å². The number of hydrogen-bond acceptors (Lipinski definition) is 3. The predicted molar refractivity (Wildman–Crippen MR) is 98.5 cm³/mol. The van der Waals surface area contributed by atoms with E-state index < -0.39 is 0 Å². The first kappa shape index (κ1) is 20.3. The average Bonchev–Trinajstić information content (AvgIpc) is 2.42. The number of guanidine groups is 1. The molecule has 0 radical (unpaired) electrons. The largest absolute Gasteiger partial charge is 0.357 e. The Morgan fingerprint density at radius 2 is 1.90 bits per heavy atom. The summed E-state index contributed by atoms with van der Waals surface area (Å²) in [6.07, 6.45) is 1.94. The van der Waals surface area contributed by atoms with Gasteiger partial charge in [0.15, 0.2) is 5.96 Å². The molecular formula is C16H34N4S. The molecule has 0 amide bonds. The van der Waals surface area contributed by atoms with Crippen molar-refractivity contribution in [3.8, 4) is 0 Å². The van der Waals surface area contributed by atoms with E-state index in [1.165, 1.54) is 0 Å². The first-order valence-electron chi connectivity index (χ1n) is 7.99. The van der Waals surface area contributed by atoms with Crippen LogP contribution in [-0.4, -0.2) is 60.6 Å². The fraction of sp³-hybridized carbons (Fsp3) is 0.812. The van der Waals surface area contributed by atoms with E-state index in [0.29, 0.717) is 12.1 Å². The van der Waals surface area contributed by atoms with Crippen LogP contribution in [0.2, 0.25) is 0 Å². The quantitative estimate of drug-likeness (QED) is 0.266. The normalized spacial score (nSPS) is 12.3. The second-order valence-corrected chi connectivity index (χ2v) is 6.63. The van der Waals surface area contributed by atoms with E-state index in [-0.39, 0.29) is 0 Å². The number of hydrogen-bond donors (Lipinski definition) is 2. The van der Waals surface area contributed by atoms with Crippen LogP contribution in [0.15, 0.2) is 17.6 Å². The van der Waals surface area contributed by atoms with Crippen molar-refractivity contribution < 1.29 is 0 Å². The third-order valence-corrected chi connectivity index (χ3v) is 4.04. The zero-order valence-corrected chi connectivity index (χ0v) is 15.3. The highest BCUT2D eigenvalue weighted by Crippen LogP contribution is 2.03. The van der Waals surface area contributed by atoms with Gasteiger partial charge in [0.25, 0.3) is 0 Å². The number of nitrogens with one attached hydrogen (secondary N) is 2. The molecule has 0 saturated carbocycles. The van der Waals surface area contributed by atoms with Crippen molar-refractivity contribution in [1.29, 1.82) is 0 Å². The van der Waals surface area contributed by atoms with Crippen molar-refractivity contribution in [1.82, 2.24) is 15.5 Å². The summed E-state index contributed by atoms with van der Waals surface area (Å²) < 4.78 is 0. The van der Waals surface area contributed by atoms with Gasteiger partial charge in [-0.15, -0.1) is 6.58 Å². The summed E-state index contributed by atoms with van der Waals surface area (Å²) in [6.45, 7) is 18.4. The van der Waals surface area contributed by atoms with Crippen molar-refractivity contribution in [2.45, 2.75) is 46.7 Å². The van der Waals surface area contributed by atoms with Crippen LogP contribution in [-0.2, 0) is 0 Å². The van der Waals surface area contributed by atoms with Crippen LogP contribution in [0.4, 0.5) is 0 Å². The van der Waals surface area contributed by atoms with Crippen molar-refractivity contribution in [3.63, 3.8) is 0 Å². The molecule has 0 heterocycles. The van der Waals surface area contributed by atoms with Crippen molar-refractivity contribution in [3.05, 3.63) is 12.7 Å². The molecule has 0 unspecified atom stereocenters. The van der Waals surface area contributed by atoms with Gasteiger partial charge >= 0.3 is 0 Å². The molecule has 0 spiro atoms. The molecule has 0 aliphatic carbocycles. The highest BCUT2D eigenvalue weighted by atomic mass is 32.2. The minimum atomic E-state index is 0.561. The average molecular weight is 315 g/mol. The van der Waals surface area contributed by atoms with E-state index in [0.717, 1.165) is 43.6 Å². The van der Waals surface area contributed by atoms with Crippen LogP contribution in [0, 0.1) is 0 Å². The minimum Gasteiger partial charge on any atom is -0.357 e. The van der Waals surface area contributed by atoms with Gasteiger partial charge in [0.05, 0.1) is 6.54 Å². The Bertz CT molecular complexity index is 282. The number of aliphatic imine (C=N–C) groups is 1. The van der Waals surface area contributed by atoms with Crippen LogP contribution < -0.4 is 10.6 Å². The summed E-state index contributed by atoms with van der Waals surface area (Å²) in [5.41, 5.74) is 0. The maximum Gasteiger partial charge on any atom is 0.191 e. The summed E-state index contributed by atoms with van der Waals surface area (Å²) in [5, 5.41) is 6.67. The molecular weight excluding hydrogens is 280 g/mol. The Morgan fingerprint density at radius 1 is 1.24 bits per heavy atom. The van der Waals surface area contributed by atoms with E-state index in [2.05, 4.69) is 61.7 Å². The molecule has 0 aromatic heterocycles. The number of nitrogens with zero attached hydrogens (tertiary/aromatic N) is 2. The maximum atomic E-state index is 4.66. The molecule has 0 fully saturated rings. The van der Waals surface area contributed by atoms with Gasteiger partial charge in [-0.25, -0.2) is 0 Å². The highest BCUT2D eigenvalue weighted by Gasteiger charge is 2.12. The van der Waals surface area contributed by atoms with E-state index in [4.69, 9.17) is 0 Å². The van der Waals surface area contributed by atoms with E-state index >= 15 is 0 Å². The third kappa shape index (κ3) is 10.7. The van der Waals surface area contributed by atoms with Crippen molar-refractivity contribution in [2.24, 2.45) is 4.99 Å². The SMILES string of the molecule is C=CCSCCNC(=NCCN(C(C)C)C(C)C)NCC. The molecule has 0 atom stereocenters. The third-order valence-electron chi connectivity index (χ3n) is 3.07. The summed E-state index contributed by atoms with van der Waals surface area (Å²) in [6, 6.07) is 1.12. The molecule has 0 aromatic carbocycles. The molecule has 0 aromatic rings. The summed E-state index contributed by atoms with van der Waals surface area (Å²) in [7, 11) is 0. The lowest BCUT2D eigenvalue weighted by Crippen LogP contribution is -2.41. The Balaban J connectivity index is 4.16. The first-order chi connectivity index (χ1) is 10.0. The summed E-state index contributed by atoms with van der Waals surface area (Å²) >= 11 is 1.88. The van der Waals surface area contributed by atoms with E-state index in [1.54, 1.807) is 0 Å². The Hall–Kier alpha value is -0.680. The first-order valence-corrected chi connectivity index (χ1v) is 9.14. The topological polar surface area (TPSA) is 39.7 Å². The Morgan fingerprint density at radius 3 is 2.43 bits per heavy atom. The molecule has 124 valence electrons. The summed E-state index contributed by atoms with van der Waals surface area (Å²) in [4.78, 5) is 7.12. The molecule has 2 N–H and O–H groups in total. The van der Waals surface area contributed by atoms with Crippen LogP contribution in [0.25, 0.3) is 0 Å². The second-order valence-electron chi connectivity index (χ2n) is 5.48. The van der Waals surface area contributed by atoms with Crippen LogP contribution in [0.1, 0.15) is 34.6 Å². The molecule has 0 aliphatic heterocycles. The smallest absolute Gasteiger partial charge is 0.191 e. The van der Waals surface area contributed by atoms with Crippen molar-refractivity contribution in [2.75, 3.05) is 37.7 Å². The second kappa shape index (κ2) is 13.0. The van der Waals surface area contributed by atoms with Gasteiger partial charge < -0.3 is 10.6 Å². The summed E-state index contributed by atoms with van der Waals surface area (Å²) in [5.74, 6) is 3.00. The molecule has 0 saturated heterocycles. The zero-order chi connectivity index (χ0) is 16.1. The zero-order valence-electron chi connectivity index (χ0n) is 14.5. The Labute approximate surface area is 135 Å². The van der Waals surface area contributed by atoms with Gasteiger partial charge in [0, 0.05) is 43.2 Å². The lowest BCUT2D eigenvalue weighted by atomic mass is 10.2. The Kier molecular flexibility index (Phi) is 12.6. The number of thioether (sulfide) groups is 1. The van der Waals surface area contributed by atoms with Gasteiger partial charge in [-0.05, 0) is 34.6 Å². The van der Waals surface area contributed by atoms with E-state index in [9.17, 15) is 0 Å². The lowest BCUT2D eigenvalue weighted by molar-refractivity contribution is 0.181. The maximum absolute atomic E-state index is 4.66. The lowest BCUT2D eigenvalue weighted by Gasteiger charge is -2.29. The van der Waals surface area contributed by atoms with E-state index in [1.807, 2.05) is 17.8 Å². The fourth-order valence-corrected chi connectivity index (χ4v) is 2.72. The standard InChI is InChI=1S/C16H34N4S/c1-7-12-21-13-10-19-16(17-8-2)18-9-11-20(14(3)4)15(5)6/h7,14-15H,1,8-13H2,2-6H3,(H2,17,18,19). The molecule has 0 aliphatic rings. The molecule has 21 heavy (non-hydrogen) atoms. The fourth-order valence-electron chi connectivity index (χ4n) is 2.14. The molecule has 0 rings (SSSR count). The number of rotatable bonds is 11. The van der Waals surface area contributed by atoms with Gasteiger partial charge in [-0.1, -0.05) is 6.08 Å². The molecule has 5 heteroatoms.